The Morgan fingerprint density at radius 1 is 1.07 bits per heavy atom. The predicted octanol–water partition coefficient (Wildman–Crippen LogP) is 6.17. The van der Waals surface area contributed by atoms with Crippen LogP contribution in [0.1, 0.15) is 55.9 Å². The molecule has 1 amide bonds. The molecule has 0 saturated carbocycles. The monoisotopic (exact) mass is 453 g/mol. The number of nitrogens with zero attached hydrogens (tertiary/aromatic N) is 1. The second-order valence-corrected chi connectivity index (χ2v) is 16.8. The van der Waals surface area contributed by atoms with Gasteiger partial charge >= 0.3 is 0 Å². The van der Waals surface area contributed by atoms with Gasteiger partial charge in [0.05, 0.1) is 12.7 Å². The summed E-state index contributed by atoms with van der Waals surface area (Å²) < 4.78 is 12.1. The Labute approximate surface area is 186 Å². The molecule has 0 aromatic heterocycles. The minimum Gasteiger partial charge on any atom is -0.455 e. The van der Waals surface area contributed by atoms with Gasteiger partial charge in [0.2, 0.25) is 5.91 Å². The number of hydrogen-bond donors (Lipinski definition) is 1. The lowest BCUT2D eigenvalue weighted by molar-refractivity contribution is -0.126. The van der Waals surface area contributed by atoms with Crippen molar-refractivity contribution in [1.29, 1.82) is 0 Å². The summed E-state index contributed by atoms with van der Waals surface area (Å²) in [6.07, 6.45) is 4.01. The molecule has 180 valence electrons. The van der Waals surface area contributed by atoms with Crippen LogP contribution in [0.15, 0.2) is 12.7 Å². The fourth-order valence-electron chi connectivity index (χ4n) is 2.89. The van der Waals surface area contributed by atoms with E-state index < -0.39 is 22.7 Å². The number of amides is 1. The summed E-state index contributed by atoms with van der Waals surface area (Å²) >= 11 is 0. The van der Waals surface area contributed by atoms with Crippen LogP contribution in [0.4, 0.5) is 0 Å². The minimum atomic E-state index is -1.66. The third-order valence-electron chi connectivity index (χ3n) is 4.10. The number of rotatable bonds is 14. The van der Waals surface area contributed by atoms with Crippen molar-refractivity contribution < 1.29 is 18.8 Å². The molecule has 1 N–H and O–H groups in total. The summed E-state index contributed by atoms with van der Waals surface area (Å²) in [5.74, 6) is -0.196. The maximum atomic E-state index is 11.4. The van der Waals surface area contributed by atoms with E-state index in [1.807, 2.05) is 0 Å². The van der Waals surface area contributed by atoms with Gasteiger partial charge in [-0.05, 0) is 50.8 Å². The quantitative estimate of drug-likeness (QED) is 0.194. The number of likely N-dealkylation sites (N-methyl/N-ethyl adjacent to an activating group) is 1. The largest absolute Gasteiger partial charge is 0.455 e. The van der Waals surface area contributed by atoms with E-state index in [1.165, 1.54) is 29.9 Å². The first-order chi connectivity index (χ1) is 11.5. The summed E-state index contributed by atoms with van der Waals surface area (Å²) in [6.45, 7) is 16.0. The molecule has 0 radical (unpaired) electrons. The molecule has 0 aliphatic heterocycles. The number of carbonyl (C=O) groups excluding carboxylic acids is 1. The van der Waals surface area contributed by atoms with Crippen LogP contribution in [0.25, 0.3) is 0 Å². The van der Waals surface area contributed by atoms with E-state index in [-0.39, 0.29) is 48.8 Å². The van der Waals surface area contributed by atoms with Crippen molar-refractivity contribution in [1.82, 2.24) is 4.90 Å². The molecule has 0 aliphatic carbocycles. The van der Waals surface area contributed by atoms with Crippen LogP contribution in [0.5, 0.6) is 0 Å². The topological polar surface area (TPSA) is 59.0 Å². The average Bonchev–Trinajstić information content (AvgIpc) is 2.50. The third-order valence-corrected chi connectivity index (χ3v) is 11.6. The number of ether oxygens (including phenoxy) is 1. The van der Waals surface area contributed by atoms with Gasteiger partial charge in [0.25, 0.3) is 0 Å². The third kappa shape index (κ3) is 20.6. The average molecular weight is 454 g/mol. The van der Waals surface area contributed by atoms with Gasteiger partial charge in [-0.3, -0.25) is 4.79 Å². The zero-order valence-corrected chi connectivity index (χ0v) is 19.1. The molecule has 0 aromatic rings. The number of unbranched alkanes of at least 4 members (excludes halogenated alkanes) is 1. The van der Waals surface area contributed by atoms with E-state index in [9.17, 15) is 9.90 Å². The van der Waals surface area contributed by atoms with Crippen LogP contribution in [0.3, 0.4) is 0 Å². The molecule has 7 heteroatoms. The SMILES string of the molecule is C.C.C.C.C=CC(=O)N(C)CC(O)COCCC[Si](C)(C)O[Si](C)(C)CCCC. The van der Waals surface area contributed by atoms with Gasteiger partial charge in [0.1, 0.15) is 0 Å². The highest BCUT2D eigenvalue weighted by Crippen LogP contribution is 2.24. The van der Waals surface area contributed by atoms with Crippen LogP contribution >= 0.6 is 0 Å². The van der Waals surface area contributed by atoms with Crippen LogP contribution in [0.2, 0.25) is 38.3 Å². The van der Waals surface area contributed by atoms with Gasteiger partial charge in [-0.25, -0.2) is 0 Å². The minimum absolute atomic E-state index is 0. The normalized spacial score (nSPS) is 11.7. The molecule has 1 atom stereocenters. The van der Waals surface area contributed by atoms with Crippen molar-refractivity contribution in [2.75, 3.05) is 26.8 Å². The van der Waals surface area contributed by atoms with Crippen molar-refractivity contribution in [3.8, 4) is 0 Å². The number of aliphatic hydroxyl groups excluding tert-OH is 1. The summed E-state index contributed by atoms with van der Waals surface area (Å²) in [5.41, 5.74) is 0. The maximum absolute atomic E-state index is 11.4. The summed E-state index contributed by atoms with van der Waals surface area (Å²) in [7, 11) is -1.56. The van der Waals surface area contributed by atoms with Gasteiger partial charge in [0, 0.05) is 20.2 Å². The van der Waals surface area contributed by atoms with Crippen LogP contribution < -0.4 is 0 Å². The van der Waals surface area contributed by atoms with Crippen LogP contribution in [-0.2, 0) is 13.6 Å². The second kappa shape index (κ2) is 19.5. The van der Waals surface area contributed by atoms with Crippen LogP contribution in [-0.4, -0.2) is 65.5 Å². The van der Waals surface area contributed by atoms with Crippen molar-refractivity contribution in [3.63, 3.8) is 0 Å². The molecule has 0 rings (SSSR count). The van der Waals surface area contributed by atoms with Gasteiger partial charge in [-0.15, -0.1) is 0 Å². The highest BCUT2D eigenvalue weighted by molar-refractivity contribution is 6.84. The van der Waals surface area contributed by atoms with E-state index in [0.29, 0.717) is 6.61 Å². The lowest BCUT2D eigenvalue weighted by Crippen LogP contribution is -2.44. The molecule has 0 saturated heterocycles. The van der Waals surface area contributed by atoms with Crippen molar-refractivity contribution in [3.05, 3.63) is 12.7 Å². The summed E-state index contributed by atoms with van der Waals surface area (Å²) in [6, 6.07) is 2.31. The fraction of sp³-hybridized carbons (Fsp3) is 0.864. The van der Waals surface area contributed by atoms with Gasteiger partial charge in [-0.1, -0.05) is 56.1 Å². The van der Waals surface area contributed by atoms with Crippen molar-refractivity contribution >= 4 is 22.5 Å². The Hall–Kier alpha value is -0.476. The van der Waals surface area contributed by atoms with Crippen molar-refractivity contribution in [2.24, 2.45) is 0 Å². The maximum Gasteiger partial charge on any atom is 0.245 e. The van der Waals surface area contributed by atoms with E-state index in [1.54, 1.807) is 7.05 Å². The number of hydrogen-bond acceptors (Lipinski definition) is 4. The molecule has 0 aliphatic rings. The lowest BCUT2D eigenvalue weighted by atomic mass is 10.3. The molecule has 0 bridgehead atoms. The highest BCUT2D eigenvalue weighted by atomic mass is 28.4. The fourth-order valence-corrected chi connectivity index (χ4v) is 11.9. The lowest BCUT2D eigenvalue weighted by Gasteiger charge is -2.34. The molecule has 29 heavy (non-hydrogen) atoms. The molecule has 1 unspecified atom stereocenters. The molecule has 0 heterocycles. The van der Waals surface area contributed by atoms with E-state index >= 15 is 0 Å². The van der Waals surface area contributed by atoms with E-state index in [4.69, 9.17) is 8.85 Å². The molecule has 5 nitrogen and oxygen atoms in total. The molecule has 0 spiro atoms. The highest BCUT2D eigenvalue weighted by Gasteiger charge is 2.32. The second-order valence-electron chi connectivity index (χ2n) is 7.98. The standard InChI is InChI=1S/C18H39NO4Si2.4CH4/c1-8-10-13-24(4,5)23-25(6,7)14-11-12-22-16-17(20)15-19(3)18(21)9-2;;;;/h9,17,20H,2,8,10-16H2,1,3-7H3;4*1H4. The van der Waals surface area contributed by atoms with Gasteiger partial charge in [-0.2, -0.15) is 0 Å². The van der Waals surface area contributed by atoms with Crippen LogP contribution in [0, 0.1) is 0 Å². The molecule has 0 aromatic carbocycles. The molecule has 0 fully saturated rings. The Morgan fingerprint density at radius 2 is 1.55 bits per heavy atom. The van der Waals surface area contributed by atoms with E-state index in [0.717, 1.165) is 12.5 Å². The Bertz CT molecular complexity index is 404. The summed E-state index contributed by atoms with van der Waals surface area (Å²) in [4.78, 5) is 12.8. The smallest absolute Gasteiger partial charge is 0.245 e. The number of carbonyl (C=O) groups is 1. The Kier molecular flexibility index (Phi) is 26.2. The Balaban J connectivity index is -0.000000480. The van der Waals surface area contributed by atoms with Gasteiger partial charge in [0.15, 0.2) is 16.6 Å². The summed E-state index contributed by atoms with van der Waals surface area (Å²) in [5, 5.41) is 9.89. The first-order valence-electron chi connectivity index (χ1n) is 9.36. The van der Waals surface area contributed by atoms with Crippen molar-refractivity contribution in [2.45, 2.75) is 100 Å². The predicted molar refractivity (Wildman–Crippen MR) is 137 cm³/mol. The number of aliphatic hydroxyl groups is 1. The Morgan fingerprint density at radius 3 is 2.00 bits per heavy atom. The van der Waals surface area contributed by atoms with E-state index in [2.05, 4.69) is 39.7 Å². The van der Waals surface area contributed by atoms with Gasteiger partial charge < -0.3 is 18.9 Å². The zero-order chi connectivity index (χ0) is 19.5. The molecular formula is C22H55NO4Si2. The zero-order valence-electron chi connectivity index (χ0n) is 17.1. The first kappa shape index (κ1) is 39.0. The first-order valence-corrected chi connectivity index (χ1v) is 15.6. The molecular weight excluding hydrogens is 398 g/mol.